The molecule has 0 spiro atoms. The van der Waals surface area contributed by atoms with Crippen molar-refractivity contribution in [3.63, 3.8) is 0 Å². The van der Waals surface area contributed by atoms with Gasteiger partial charge in [0.25, 0.3) is 5.91 Å². The molecule has 4 nitrogen and oxygen atoms in total. The molecule has 5 heteroatoms. The Hall–Kier alpha value is -1.85. The molecule has 2 rings (SSSR count). The van der Waals surface area contributed by atoms with Gasteiger partial charge in [-0.15, -0.1) is 0 Å². The minimum Gasteiger partial charge on any atom is -0.321 e. The Morgan fingerprint density at radius 1 is 1.27 bits per heavy atom. The number of nitrogens with one attached hydrogen (secondary N) is 1. The molecule has 3 N–H and O–H groups in total. The number of carbonyl (C=O) groups excluding carboxylic acids is 1. The smallest absolute Gasteiger partial charge is 0.274 e. The standard InChI is InChI=1S/C17H21N3OS/c1-2-3-4-6-13-9-10-16(19-12-13)17(21)20-14-7-5-8-15(11-14)22-18/h5,7-12H,2-4,6,18H2,1H3,(H,20,21). The summed E-state index contributed by atoms with van der Waals surface area (Å²) < 4.78 is 0. The third-order valence-corrected chi connectivity index (χ3v) is 3.88. The summed E-state index contributed by atoms with van der Waals surface area (Å²) >= 11 is 1.15. The lowest BCUT2D eigenvalue weighted by atomic mass is 10.1. The van der Waals surface area contributed by atoms with Gasteiger partial charge in [-0.2, -0.15) is 0 Å². The van der Waals surface area contributed by atoms with Gasteiger partial charge < -0.3 is 5.32 Å². The Labute approximate surface area is 135 Å². The summed E-state index contributed by atoms with van der Waals surface area (Å²) in [6, 6.07) is 11.2. The van der Waals surface area contributed by atoms with Gasteiger partial charge in [-0.25, -0.2) is 0 Å². The molecule has 0 aliphatic rings. The first-order valence-electron chi connectivity index (χ1n) is 7.46. The SMILES string of the molecule is CCCCCc1ccc(C(=O)Nc2cccc(SN)c2)nc1. The van der Waals surface area contributed by atoms with E-state index in [1.807, 2.05) is 30.3 Å². The summed E-state index contributed by atoms with van der Waals surface area (Å²) in [5, 5.41) is 8.35. The fourth-order valence-electron chi connectivity index (χ4n) is 2.13. The quantitative estimate of drug-likeness (QED) is 0.598. The van der Waals surface area contributed by atoms with E-state index in [1.54, 1.807) is 12.3 Å². The lowest BCUT2D eigenvalue weighted by Gasteiger charge is -2.06. The van der Waals surface area contributed by atoms with Crippen LogP contribution in [0.4, 0.5) is 5.69 Å². The lowest BCUT2D eigenvalue weighted by Crippen LogP contribution is -2.13. The van der Waals surface area contributed by atoms with Crippen LogP contribution in [0.3, 0.4) is 0 Å². The number of carbonyl (C=O) groups is 1. The highest BCUT2D eigenvalue weighted by Crippen LogP contribution is 2.17. The van der Waals surface area contributed by atoms with E-state index in [0.29, 0.717) is 11.4 Å². The van der Waals surface area contributed by atoms with Crippen LogP contribution in [0, 0.1) is 0 Å². The molecule has 2 aromatic rings. The van der Waals surface area contributed by atoms with Crippen molar-refractivity contribution in [2.45, 2.75) is 37.5 Å². The Morgan fingerprint density at radius 2 is 2.14 bits per heavy atom. The summed E-state index contributed by atoms with van der Waals surface area (Å²) in [5.74, 6) is -0.209. The molecule has 0 unspecified atom stereocenters. The Kier molecular flexibility index (Phi) is 6.43. The third-order valence-electron chi connectivity index (χ3n) is 3.35. The van der Waals surface area contributed by atoms with Crippen LogP contribution < -0.4 is 10.5 Å². The predicted molar refractivity (Wildman–Crippen MR) is 91.9 cm³/mol. The summed E-state index contributed by atoms with van der Waals surface area (Å²) in [7, 11) is 0. The van der Waals surface area contributed by atoms with Crippen molar-refractivity contribution < 1.29 is 4.79 Å². The molecule has 0 aliphatic heterocycles. The molecule has 0 bridgehead atoms. The van der Waals surface area contributed by atoms with Gasteiger partial charge in [0.1, 0.15) is 5.69 Å². The molecule has 1 aromatic carbocycles. The van der Waals surface area contributed by atoms with E-state index in [9.17, 15) is 4.79 Å². The van der Waals surface area contributed by atoms with Crippen LogP contribution in [0.25, 0.3) is 0 Å². The van der Waals surface area contributed by atoms with Crippen LogP contribution in [0.15, 0.2) is 47.5 Å². The Bertz CT molecular complexity index is 614. The van der Waals surface area contributed by atoms with Crippen LogP contribution in [-0.4, -0.2) is 10.9 Å². The second-order valence-corrected chi connectivity index (χ2v) is 5.82. The largest absolute Gasteiger partial charge is 0.321 e. The fraction of sp³-hybridized carbons (Fsp3) is 0.294. The highest BCUT2D eigenvalue weighted by molar-refractivity contribution is 7.97. The number of pyridine rings is 1. The normalized spacial score (nSPS) is 10.5. The molecule has 0 saturated carbocycles. The first-order chi connectivity index (χ1) is 10.7. The molecule has 0 radical (unpaired) electrons. The summed E-state index contributed by atoms with van der Waals surface area (Å²) in [5.41, 5.74) is 2.31. The third kappa shape index (κ3) is 4.86. The molecular weight excluding hydrogens is 294 g/mol. The van der Waals surface area contributed by atoms with Gasteiger partial charge in [-0.1, -0.05) is 31.9 Å². The molecule has 116 valence electrons. The van der Waals surface area contributed by atoms with E-state index in [-0.39, 0.29) is 5.91 Å². The van der Waals surface area contributed by atoms with E-state index in [2.05, 4.69) is 17.2 Å². The molecule has 1 amide bonds. The number of aromatic nitrogens is 1. The predicted octanol–water partition coefficient (Wildman–Crippen LogP) is 4.03. The molecule has 0 fully saturated rings. The fourth-order valence-corrected chi connectivity index (χ4v) is 2.48. The number of hydrogen-bond acceptors (Lipinski definition) is 4. The number of rotatable bonds is 7. The van der Waals surface area contributed by atoms with Crippen molar-refractivity contribution in [1.29, 1.82) is 0 Å². The van der Waals surface area contributed by atoms with Crippen LogP contribution >= 0.6 is 11.9 Å². The number of nitrogens with two attached hydrogens (primary N) is 1. The highest BCUT2D eigenvalue weighted by atomic mass is 32.2. The van der Waals surface area contributed by atoms with Gasteiger partial charge >= 0.3 is 0 Å². The average molecular weight is 315 g/mol. The average Bonchev–Trinajstić information content (AvgIpc) is 2.56. The lowest BCUT2D eigenvalue weighted by molar-refractivity contribution is 0.102. The number of anilines is 1. The van der Waals surface area contributed by atoms with Crippen molar-refractivity contribution >= 4 is 23.5 Å². The van der Waals surface area contributed by atoms with Crippen molar-refractivity contribution in [2.24, 2.45) is 5.14 Å². The molecule has 0 saturated heterocycles. The minimum absolute atomic E-state index is 0.209. The molecule has 22 heavy (non-hydrogen) atoms. The highest BCUT2D eigenvalue weighted by Gasteiger charge is 2.08. The second kappa shape index (κ2) is 8.56. The second-order valence-electron chi connectivity index (χ2n) is 5.11. The molecular formula is C17H21N3OS. The molecule has 0 atom stereocenters. The van der Waals surface area contributed by atoms with Gasteiger partial charge in [-0.3, -0.25) is 14.9 Å². The van der Waals surface area contributed by atoms with E-state index < -0.39 is 0 Å². The maximum atomic E-state index is 12.2. The van der Waals surface area contributed by atoms with Crippen molar-refractivity contribution in [3.8, 4) is 0 Å². The summed E-state index contributed by atoms with van der Waals surface area (Å²) in [4.78, 5) is 17.3. The number of unbranched alkanes of at least 4 members (excludes halogenated alkanes) is 2. The maximum Gasteiger partial charge on any atom is 0.274 e. The zero-order valence-corrected chi connectivity index (χ0v) is 13.5. The topological polar surface area (TPSA) is 68.0 Å². The van der Waals surface area contributed by atoms with E-state index in [0.717, 1.165) is 29.7 Å². The van der Waals surface area contributed by atoms with Crippen LogP contribution in [-0.2, 0) is 6.42 Å². The van der Waals surface area contributed by atoms with Gasteiger partial charge in [0.2, 0.25) is 0 Å². The Balaban J connectivity index is 1.97. The zero-order valence-electron chi connectivity index (χ0n) is 12.7. The van der Waals surface area contributed by atoms with Gasteiger partial charge in [0.15, 0.2) is 0 Å². The van der Waals surface area contributed by atoms with Crippen LogP contribution in [0.1, 0.15) is 42.2 Å². The van der Waals surface area contributed by atoms with E-state index in [1.165, 1.54) is 18.4 Å². The number of hydrogen-bond donors (Lipinski definition) is 2. The van der Waals surface area contributed by atoms with E-state index in [4.69, 9.17) is 5.14 Å². The first kappa shape index (κ1) is 16.5. The molecule has 1 heterocycles. The monoisotopic (exact) mass is 315 g/mol. The van der Waals surface area contributed by atoms with Crippen LogP contribution in [0.2, 0.25) is 0 Å². The molecule has 1 aromatic heterocycles. The Morgan fingerprint density at radius 3 is 2.82 bits per heavy atom. The van der Waals surface area contributed by atoms with Crippen molar-refractivity contribution in [3.05, 3.63) is 53.9 Å². The van der Waals surface area contributed by atoms with Crippen molar-refractivity contribution in [2.75, 3.05) is 5.32 Å². The first-order valence-corrected chi connectivity index (χ1v) is 8.34. The summed E-state index contributed by atoms with van der Waals surface area (Å²) in [6.07, 6.45) is 6.38. The number of aryl methyl sites for hydroxylation is 1. The van der Waals surface area contributed by atoms with Crippen LogP contribution in [0.5, 0.6) is 0 Å². The number of benzene rings is 1. The number of nitrogens with zero attached hydrogens (tertiary/aromatic N) is 1. The maximum absolute atomic E-state index is 12.2. The minimum atomic E-state index is -0.209. The number of amides is 1. The van der Waals surface area contributed by atoms with Gasteiger partial charge in [0, 0.05) is 16.8 Å². The van der Waals surface area contributed by atoms with Crippen molar-refractivity contribution in [1.82, 2.24) is 4.98 Å². The van der Waals surface area contributed by atoms with Gasteiger partial charge in [-0.05, 0) is 54.6 Å². The summed E-state index contributed by atoms with van der Waals surface area (Å²) in [6.45, 7) is 2.18. The zero-order chi connectivity index (χ0) is 15.8. The van der Waals surface area contributed by atoms with Gasteiger partial charge in [0.05, 0.1) is 0 Å². The molecule has 0 aliphatic carbocycles. The van der Waals surface area contributed by atoms with E-state index >= 15 is 0 Å².